The molecule has 2 rings (SSSR count). The number of H-pyrrole nitrogens is 2. The topological polar surface area (TPSA) is 78.9 Å². The molecule has 0 saturated carbocycles. The molecule has 2 aromatic heterocycles. The molecule has 0 radical (unpaired) electrons. The van der Waals surface area contributed by atoms with Gasteiger partial charge in [0.25, 0.3) is 5.56 Å². The smallest absolute Gasteiger partial charge is 0.326 e. The van der Waals surface area contributed by atoms with Crippen LogP contribution in [-0.4, -0.2) is 9.97 Å². The van der Waals surface area contributed by atoms with E-state index in [1.165, 1.54) is 12.3 Å². The molecule has 2 N–H and O–H groups in total. The summed E-state index contributed by atoms with van der Waals surface area (Å²) >= 11 is 0. The molecular weight excluding hydrogens is 172 g/mol. The van der Waals surface area contributed by atoms with Crippen molar-refractivity contribution in [3.05, 3.63) is 45.3 Å². The van der Waals surface area contributed by atoms with E-state index in [0.717, 1.165) is 0 Å². The molecule has 0 aliphatic rings. The molecule has 0 aliphatic heterocycles. The van der Waals surface area contributed by atoms with Crippen LogP contribution in [0.5, 0.6) is 0 Å². The number of rotatable bonds is 1. The molecule has 0 saturated heterocycles. The standard InChI is InChI=1S/C8H6N2O3/c11-7-4-5(9-8(12)10-7)6-2-1-3-13-6/h1-4H,(H2,9,10,11,12). The van der Waals surface area contributed by atoms with Crippen LogP contribution in [0.25, 0.3) is 11.5 Å². The van der Waals surface area contributed by atoms with Crippen LogP contribution in [0.15, 0.2) is 38.5 Å². The minimum atomic E-state index is -0.543. The van der Waals surface area contributed by atoms with Gasteiger partial charge >= 0.3 is 5.69 Å². The van der Waals surface area contributed by atoms with Crippen molar-refractivity contribution in [3.8, 4) is 11.5 Å². The van der Waals surface area contributed by atoms with Gasteiger partial charge in [0.1, 0.15) is 5.76 Å². The molecule has 0 atom stereocenters. The molecule has 0 unspecified atom stereocenters. The summed E-state index contributed by atoms with van der Waals surface area (Å²) < 4.78 is 5.01. The van der Waals surface area contributed by atoms with Crippen LogP contribution in [0.2, 0.25) is 0 Å². The van der Waals surface area contributed by atoms with Crippen LogP contribution in [0.4, 0.5) is 0 Å². The van der Waals surface area contributed by atoms with E-state index in [1.807, 2.05) is 0 Å². The Bertz CT molecular complexity index is 478. The summed E-state index contributed by atoms with van der Waals surface area (Å²) in [6, 6.07) is 4.60. The molecule has 5 heteroatoms. The van der Waals surface area contributed by atoms with Crippen molar-refractivity contribution in [2.24, 2.45) is 0 Å². The highest BCUT2D eigenvalue weighted by Gasteiger charge is 2.01. The molecule has 2 heterocycles. The summed E-state index contributed by atoms with van der Waals surface area (Å²) in [6.45, 7) is 0. The number of hydrogen-bond acceptors (Lipinski definition) is 3. The predicted octanol–water partition coefficient (Wildman–Crippen LogP) is 0.323. The van der Waals surface area contributed by atoms with Crippen molar-refractivity contribution in [1.29, 1.82) is 0 Å². The zero-order chi connectivity index (χ0) is 9.26. The Labute approximate surface area is 72.0 Å². The summed E-state index contributed by atoms with van der Waals surface area (Å²) in [7, 11) is 0. The lowest BCUT2D eigenvalue weighted by Gasteiger charge is -1.93. The number of aromatic amines is 2. The Morgan fingerprint density at radius 3 is 2.69 bits per heavy atom. The Balaban J connectivity index is 2.66. The first-order valence-electron chi connectivity index (χ1n) is 3.63. The minimum Gasteiger partial charge on any atom is -0.463 e. The van der Waals surface area contributed by atoms with Gasteiger partial charge in [0.05, 0.1) is 12.0 Å². The van der Waals surface area contributed by atoms with Gasteiger partial charge in [-0.3, -0.25) is 9.78 Å². The maximum absolute atomic E-state index is 10.9. The molecular formula is C8H6N2O3. The lowest BCUT2D eigenvalue weighted by Crippen LogP contribution is -2.21. The Morgan fingerprint density at radius 2 is 2.08 bits per heavy atom. The zero-order valence-corrected chi connectivity index (χ0v) is 6.53. The van der Waals surface area contributed by atoms with Gasteiger partial charge in [-0.15, -0.1) is 0 Å². The summed E-state index contributed by atoms with van der Waals surface area (Å²) in [4.78, 5) is 26.3. The van der Waals surface area contributed by atoms with Crippen LogP contribution >= 0.6 is 0 Å². The van der Waals surface area contributed by atoms with Crippen molar-refractivity contribution in [2.75, 3.05) is 0 Å². The first-order chi connectivity index (χ1) is 6.25. The summed E-state index contributed by atoms with van der Waals surface area (Å²) in [5.74, 6) is 0.461. The zero-order valence-electron chi connectivity index (χ0n) is 6.53. The molecule has 5 nitrogen and oxygen atoms in total. The van der Waals surface area contributed by atoms with Gasteiger partial charge in [-0.05, 0) is 12.1 Å². The molecule has 13 heavy (non-hydrogen) atoms. The van der Waals surface area contributed by atoms with Gasteiger partial charge < -0.3 is 9.40 Å². The SMILES string of the molecule is O=c1cc(-c2ccco2)[nH]c(=O)[nH]1. The molecule has 0 spiro atoms. The third-order valence-electron chi connectivity index (χ3n) is 1.55. The van der Waals surface area contributed by atoms with E-state index in [9.17, 15) is 9.59 Å². The highest BCUT2D eigenvalue weighted by Crippen LogP contribution is 2.13. The van der Waals surface area contributed by atoms with Crippen LogP contribution in [0, 0.1) is 0 Å². The average Bonchev–Trinajstić information content (AvgIpc) is 2.53. The van der Waals surface area contributed by atoms with Crippen LogP contribution < -0.4 is 11.2 Å². The molecule has 66 valence electrons. The fourth-order valence-corrected chi connectivity index (χ4v) is 1.03. The molecule has 0 fully saturated rings. The van der Waals surface area contributed by atoms with E-state index < -0.39 is 11.2 Å². The second kappa shape index (κ2) is 2.78. The third-order valence-corrected chi connectivity index (χ3v) is 1.55. The molecule has 2 aromatic rings. The first-order valence-corrected chi connectivity index (χ1v) is 3.63. The van der Waals surface area contributed by atoms with Crippen molar-refractivity contribution >= 4 is 0 Å². The van der Waals surface area contributed by atoms with Crippen molar-refractivity contribution in [1.82, 2.24) is 9.97 Å². The van der Waals surface area contributed by atoms with Gasteiger partial charge in [0, 0.05) is 6.07 Å². The molecule has 0 amide bonds. The molecule has 0 bridgehead atoms. The second-order valence-corrected chi connectivity index (χ2v) is 2.48. The molecule has 0 aliphatic carbocycles. The Hall–Kier alpha value is -2.04. The highest BCUT2D eigenvalue weighted by molar-refractivity contribution is 5.50. The number of hydrogen-bond donors (Lipinski definition) is 2. The average molecular weight is 178 g/mol. The maximum Gasteiger partial charge on any atom is 0.326 e. The molecule has 0 aromatic carbocycles. The van der Waals surface area contributed by atoms with Crippen LogP contribution in [0.1, 0.15) is 0 Å². The lowest BCUT2D eigenvalue weighted by atomic mass is 10.3. The van der Waals surface area contributed by atoms with Crippen molar-refractivity contribution in [3.63, 3.8) is 0 Å². The summed E-state index contributed by atoms with van der Waals surface area (Å²) in [5.41, 5.74) is -0.618. The van der Waals surface area contributed by atoms with E-state index in [4.69, 9.17) is 4.42 Å². The van der Waals surface area contributed by atoms with E-state index >= 15 is 0 Å². The fourth-order valence-electron chi connectivity index (χ4n) is 1.03. The van der Waals surface area contributed by atoms with Crippen LogP contribution in [0.3, 0.4) is 0 Å². The Morgan fingerprint density at radius 1 is 1.23 bits per heavy atom. The van der Waals surface area contributed by atoms with Gasteiger partial charge in [0.2, 0.25) is 0 Å². The normalized spacial score (nSPS) is 10.2. The van der Waals surface area contributed by atoms with Gasteiger partial charge in [-0.2, -0.15) is 0 Å². The quantitative estimate of drug-likeness (QED) is 0.660. The van der Waals surface area contributed by atoms with Gasteiger partial charge in [0.15, 0.2) is 0 Å². The summed E-state index contributed by atoms with van der Waals surface area (Å²) in [5, 5.41) is 0. The maximum atomic E-state index is 10.9. The van der Waals surface area contributed by atoms with E-state index in [1.54, 1.807) is 12.1 Å². The van der Waals surface area contributed by atoms with E-state index in [2.05, 4.69) is 9.97 Å². The number of furan rings is 1. The predicted molar refractivity (Wildman–Crippen MR) is 45.4 cm³/mol. The second-order valence-electron chi connectivity index (χ2n) is 2.48. The largest absolute Gasteiger partial charge is 0.463 e. The van der Waals surface area contributed by atoms with Gasteiger partial charge in [-0.25, -0.2) is 4.79 Å². The third kappa shape index (κ3) is 1.44. The highest BCUT2D eigenvalue weighted by atomic mass is 16.3. The number of nitrogens with one attached hydrogen (secondary N) is 2. The lowest BCUT2D eigenvalue weighted by molar-refractivity contribution is 0.579. The fraction of sp³-hybridized carbons (Fsp3) is 0. The van der Waals surface area contributed by atoms with Crippen molar-refractivity contribution < 1.29 is 4.42 Å². The van der Waals surface area contributed by atoms with Crippen LogP contribution in [-0.2, 0) is 0 Å². The van der Waals surface area contributed by atoms with E-state index in [-0.39, 0.29) is 0 Å². The summed E-state index contributed by atoms with van der Waals surface area (Å²) in [6.07, 6.45) is 1.47. The minimum absolute atomic E-state index is 0.374. The first kappa shape index (κ1) is 7.60. The number of aromatic nitrogens is 2. The van der Waals surface area contributed by atoms with Gasteiger partial charge in [-0.1, -0.05) is 0 Å². The van der Waals surface area contributed by atoms with Crippen molar-refractivity contribution in [2.45, 2.75) is 0 Å². The monoisotopic (exact) mass is 178 g/mol. The Kier molecular flexibility index (Phi) is 1.63. The van der Waals surface area contributed by atoms with E-state index in [0.29, 0.717) is 11.5 Å².